The normalized spacial score (nSPS) is 12.3. The van der Waals surface area contributed by atoms with E-state index in [2.05, 4.69) is 51.8 Å². The van der Waals surface area contributed by atoms with Gasteiger partial charge in [-0.1, -0.05) is 41.5 Å². The highest BCUT2D eigenvalue weighted by molar-refractivity contribution is 4.63. The predicted molar refractivity (Wildman–Crippen MR) is 87.7 cm³/mol. The molecule has 2 nitrogen and oxygen atoms in total. The third kappa shape index (κ3) is 14.1. The molecule has 2 heteroatoms. The van der Waals surface area contributed by atoms with Gasteiger partial charge < -0.3 is 10.2 Å². The second-order valence-corrected chi connectivity index (χ2v) is 7.02. The molecule has 0 aliphatic heterocycles. The van der Waals surface area contributed by atoms with Crippen LogP contribution >= 0.6 is 0 Å². The van der Waals surface area contributed by atoms with E-state index >= 15 is 0 Å². The highest BCUT2D eigenvalue weighted by atomic mass is 15.1. The molecule has 0 aromatic carbocycles. The minimum atomic E-state index is 0.605. The summed E-state index contributed by atoms with van der Waals surface area (Å²) in [5, 5.41) is 3.53. The van der Waals surface area contributed by atoms with Crippen molar-refractivity contribution >= 4 is 0 Å². The smallest absolute Gasteiger partial charge is 0.0107 e. The molecule has 0 fully saturated rings. The van der Waals surface area contributed by atoms with Crippen LogP contribution in [0.2, 0.25) is 0 Å². The quantitative estimate of drug-likeness (QED) is 0.573. The molecule has 19 heavy (non-hydrogen) atoms. The topological polar surface area (TPSA) is 15.3 Å². The molecular weight excluding hydrogens is 232 g/mol. The van der Waals surface area contributed by atoms with Crippen LogP contribution in [-0.4, -0.2) is 37.1 Å². The Bertz CT molecular complexity index is 154. The monoisotopic (exact) mass is 270 g/mol. The van der Waals surface area contributed by atoms with Gasteiger partial charge in [-0.2, -0.15) is 0 Å². The Labute approximate surface area is 122 Å². The molecule has 0 bridgehead atoms. The van der Waals surface area contributed by atoms with E-state index in [1.54, 1.807) is 0 Å². The molecule has 0 spiro atoms. The van der Waals surface area contributed by atoms with Gasteiger partial charge in [0.2, 0.25) is 0 Å². The van der Waals surface area contributed by atoms with Gasteiger partial charge in [-0.05, 0) is 50.6 Å². The molecule has 0 aromatic heterocycles. The van der Waals surface area contributed by atoms with Gasteiger partial charge in [0.1, 0.15) is 0 Å². The first kappa shape index (κ1) is 18.9. The first-order valence-electron chi connectivity index (χ1n) is 8.37. The third-order valence-corrected chi connectivity index (χ3v) is 3.49. The van der Waals surface area contributed by atoms with Crippen LogP contribution in [0.1, 0.15) is 67.2 Å². The summed E-state index contributed by atoms with van der Waals surface area (Å²) in [5.41, 5.74) is 0. The van der Waals surface area contributed by atoms with Crippen molar-refractivity contribution < 1.29 is 0 Å². The Kier molecular flexibility index (Phi) is 11.7. The fraction of sp³-hybridized carbons (Fsp3) is 1.00. The number of hydrogen-bond acceptors (Lipinski definition) is 2. The van der Waals surface area contributed by atoms with Gasteiger partial charge >= 0.3 is 0 Å². The Morgan fingerprint density at radius 3 is 1.58 bits per heavy atom. The lowest BCUT2D eigenvalue weighted by Gasteiger charge is -2.24. The van der Waals surface area contributed by atoms with Gasteiger partial charge in [0.05, 0.1) is 0 Å². The largest absolute Gasteiger partial charge is 0.313 e. The van der Waals surface area contributed by atoms with E-state index in [1.807, 2.05) is 0 Å². The fourth-order valence-corrected chi connectivity index (χ4v) is 2.29. The molecule has 0 atom stereocenters. The number of nitrogens with zero attached hydrogens (tertiary/aromatic N) is 1. The molecule has 0 rings (SSSR count). The van der Waals surface area contributed by atoms with E-state index in [0.29, 0.717) is 6.04 Å². The summed E-state index contributed by atoms with van der Waals surface area (Å²) in [7, 11) is 0. The lowest BCUT2D eigenvalue weighted by molar-refractivity contribution is 0.251. The van der Waals surface area contributed by atoms with E-state index in [4.69, 9.17) is 0 Å². The molecule has 0 heterocycles. The lowest BCUT2D eigenvalue weighted by Crippen LogP contribution is -2.36. The second kappa shape index (κ2) is 11.7. The maximum atomic E-state index is 3.53. The van der Waals surface area contributed by atoms with Gasteiger partial charge in [-0.15, -0.1) is 0 Å². The van der Waals surface area contributed by atoms with Crippen molar-refractivity contribution in [3.8, 4) is 0 Å². The van der Waals surface area contributed by atoms with E-state index in [1.165, 1.54) is 45.3 Å². The Morgan fingerprint density at radius 1 is 0.737 bits per heavy atom. The minimum Gasteiger partial charge on any atom is -0.313 e. The van der Waals surface area contributed by atoms with E-state index in [-0.39, 0.29) is 0 Å². The van der Waals surface area contributed by atoms with Crippen LogP contribution in [-0.2, 0) is 0 Å². The fourth-order valence-electron chi connectivity index (χ4n) is 2.29. The Balaban J connectivity index is 3.85. The van der Waals surface area contributed by atoms with Crippen LogP contribution in [0, 0.1) is 11.8 Å². The van der Waals surface area contributed by atoms with Gasteiger partial charge in [0.25, 0.3) is 0 Å². The van der Waals surface area contributed by atoms with Crippen LogP contribution in [0.15, 0.2) is 0 Å². The van der Waals surface area contributed by atoms with Crippen LogP contribution in [0.25, 0.3) is 0 Å². The van der Waals surface area contributed by atoms with Gasteiger partial charge in [0.15, 0.2) is 0 Å². The first-order chi connectivity index (χ1) is 8.91. The summed E-state index contributed by atoms with van der Waals surface area (Å²) in [6.45, 7) is 18.6. The molecule has 0 aromatic rings. The van der Waals surface area contributed by atoms with Gasteiger partial charge in [-0.25, -0.2) is 0 Å². The highest BCUT2D eigenvalue weighted by Gasteiger charge is 2.06. The predicted octanol–water partition coefficient (Wildman–Crippen LogP) is 4.16. The van der Waals surface area contributed by atoms with Crippen LogP contribution < -0.4 is 5.32 Å². The Hall–Kier alpha value is -0.0800. The van der Waals surface area contributed by atoms with Crippen LogP contribution in [0.5, 0.6) is 0 Å². The zero-order chi connectivity index (χ0) is 14.7. The standard InChI is InChI=1S/C17H38N2/c1-15(2)9-7-12-19(13-8-10-16(3)4)14-11-18-17(5)6/h15-18H,7-14H2,1-6H3. The highest BCUT2D eigenvalue weighted by Crippen LogP contribution is 2.08. The van der Waals surface area contributed by atoms with Crippen molar-refractivity contribution in [1.82, 2.24) is 10.2 Å². The minimum absolute atomic E-state index is 0.605. The summed E-state index contributed by atoms with van der Waals surface area (Å²) >= 11 is 0. The molecule has 0 aliphatic carbocycles. The van der Waals surface area contributed by atoms with Crippen molar-refractivity contribution in [3.05, 3.63) is 0 Å². The molecule has 0 unspecified atom stereocenters. The number of hydrogen-bond donors (Lipinski definition) is 1. The summed E-state index contributed by atoms with van der Waals surface area (Å²) in [4.78, 5) is 2.65. The molecule has 0 amide bonds. The van der Waals surface area contributed by atoms with Crippen molar-refractivity contribution in [2.75, 3.05) is 26.2 Å². The third-order valence-electron chi connectivity index (χ3n) is 3.49. The molecule has 116 valence electrons. The van der Waals surface area contributed by atoms with E-state index in [9.17, 15) is 0 Å². The molecule has 0 saturated carbocycles. The van der Waals surface area contributed by atoms with Gasteiger partial charge in [0, 0.05) is 19.1 Å². The van der Waals surface area contributed by atoms with Crippen LogP contribution in [0.4, 0.5) is 0 Å². The maximum absolute atomic E-state index is 3.53. The number of rotatable bonds is 12. The van der Waals surface area contributed by atoms with E-state index in [0.717, 1.165) is 18.4 Å². The Morgan fingerprint density at radius 2 is 1.21 bits per heavy atom. The van der Waals surface area contributed by atoms with Crippen molar-refractivity contribution in [2.45, 2.75) is 73.3 Å². The second-order valence-electron chi connectivity index (χ2n) is 7.02. The summed E-state index contributed by atoms with van der Waals surface area (Å²) in [5.74, 6) is 1.68. The SMILES string of the molecule is CC(C)CCCN(CCCC(C)C)CCNC(C)C. The molecule has 1 N–H and O–H groups in total. The molecule has 0 saturated heterocycles. The zero-order valence-corrected chi connectivity index (χ0v) is 14.3. The molecule has 0 radical (unpaired) electrons. The lowest BCUT2D eigenvalue weighted by atomic mass is 10.1. The summed E-state index contributed by atoms with van der Waals surface area (Å²) in [6.07, 6.45) is 5.42. The maximum Gasteiger partial charge on any atom is 0.0107 e. The first-order valence-corrected chi connectivity index (χ1v) is 8.37. The molecule has 0 aliphatic rings. The average molecular weight is 271 g/mol. The molecular formula is C17H38N2. The number of nitrogens with one attached hydrogen (secondary N) is 1. The van der Waals surface area contributed by atoms with Crippen LogP contribution in [0.3, 0.4) is 0 Å². The summed E-state index contributed by atoms with van der Waals surface area (Å²) < 4.78 is 0. The van der Waals surface area contributed by atoms with Crippen molar-refractivity contribution in [2.24, 2.45) is 11.8 Å². The van der Waals surface area contributed by atoms with Crippen molar-refractivity contribution in [1.29, 1.82) is 0 Å². The average Bonchev–Trinajstić information content (AvgIpc) is 2.26. The van der Waals surface area contributed by atoms with Crippen molar-refractivity contribution in [3.63, 3.8) is 0 Å². The zero-order valence-electron chi connectivity index (χ0n) is 14.3. The summed E-state index contributed by atoms with van der Waals surface area (Å²) in [6, 6.07) is 0.605. The van der Waals surface area contributed by atoms with Gasteiger partial charge in [-0.3, -0.25) is 0 Å². The van der Waals surface area contributed by atoms with E-state index < -0.39 is 0 Å².